The first-order chi connectivity index (χ1) is 14.0. The Morgan fingerprint density at radius 3 is 2.60 bits per heavy atom. The lowest BCUT2D eigenvalue weighted by atomic mass is 9.73. The summed E-state index contributed by atoms with van der Waals surface area (Å²) in [5.41, 5.74) is -1.01. The van der Waals surface area contributed by atoms with E-state index >= 15 is 0 Å². The Labute approximate surface area is 176 Å². The molecule has 10 heteroatoms. The molecule has 0 N–H and O–H groups in total. The van der Waals surface area contributed by atoms with Gasteiger partial charge in [0.25, 0.3) is 5.91 Å². The third-order valence-electron chi connectivity index (χ3n) is 5.40. The van der Waals surface area contributed by atoms with Gasteiger partial charge in [0, 0.05) is 35.9 Å². The van der Waals surface area contributed by atoms with Gasteiger partial charge >= 0.3 is 6.18 Å². The number of likely N-dealkylation sites (tertiary alicyclic amines) is 1. The quantitative estimate of drug-likeness (QED) is 0.626. The molecule has 1 fully saturated rings. The third-order valence-corrected chi connectivity index (χ3v) is 6.46. The summed E-state index contributed by atoms with van der Waals surface area (Å²) in [4.78, 5) is 33.9. The number of thiophene rings is 1. The van der Waals surface area contributed by atoms with Crippen molar-refractivity contribution < 1.29 is 18.0 Å². The molecular weight excluding hydrogens is 417 g/mol. The van der Waals surface area contributed by atoms with E-state index in [0.717, 1.165) is 23.7 Å². The summed E-state index contributed by atoms with van der Waals surface area (Å²) in [5.74, 6) is -0.816. The Kier molecular flexibility index (Phi) is 6.37. The number of halogens is 3. The highest BCUT2D eigenvalue weighted by Crippen LogP contribution is 2.37. The Morgan fingerprint density at radius 2 is 1.97 bits per heavy atom. The SMILES string of the molecule is CC(C)(C)C1CC(C(=O)N=O)CN(Cc2ccc(-c3nccc(C(F)(F)F)n3)s2)C1. The number of amides is 1. The van der Waals surface area contributed by atoms with Crippen molar-refractivity contribution in [3.05, 3.63) is 39.9 Å². The van der Waals surface area contributed by atoms with Crippen LogP contribution in [0.25, 0.3) is 10.7 Å². The predicted octanol–water partition coefficient (Wildman–Crippen LogP) is 5.00. The molecule has 3 rings (SSSR count). The van der Waals surface area contributed by atoms with Crippen LogP contribution in [-0.4, -0.2) is 33.9 Å². The second kappa shape index (κ2) is 8.50. The van der Waals surface area contributed by atoms with Crippen LogP contribution in [-0.2, 0) is 17.5 Å². The van der Waals surface area contributed by atoms with Crippen LogP contribution in [0.2, 0.25) is 0 Å². The van der Waals surface area contributed by atoms with Gasteiger partial charge in [0.05, 0.1) is 10.8 Å². The first-order valence-corrected chi connectivity index (χ1v) is 10.4. The van der Waals surface area contributed by atoms with Crippen LogP contribution in [0, 0.1) is 22.2 Å². The number of nitrogens with zero attached hydrogens (tertiary/aromatic N) is 4. The second-order valence-electron chi connectivity index (χ2n) is 8.65. The number of nitroso groups, excluding NO2 is 1. The van der Waals surface area contributed by atoms with Crippen molar-refractivity contribution in [2.24, 2.45) is 22.4 Å². The average Bonchev–Trinajstić information content (AvgIpc) is 3.14. The Hall–Kier alpha value is -2.20. The van der Waals surface area contributed by atoms with E-state index in [1.165, 1.54) is 11.3 Å². The Bertz CT molecular complexity index is 923. The molecule has 2 aromatic heterocycles. The van der Waals surface area contributed by atoms with Crippen molar-refractivity contribution in [1.29, 1.82) is 0 Å². The molecule has 2 aromatic rings. The average molecular weight is 440 g/mol. The lowest BCUT2D eigenvalue weighted by molar-refractivity contribution is -0.141. The van der Waals surface area contributed by atoms with Gasteiger partial charge in [-0.2, -0.15) is 13.2 Å². The fraction of sp³-hybridized carbons (Fsp3) is 0.550. The molecule has 2 atom stereocenters. The van der Waals surface area contributed by atoms with Crippen LogP contribution in [0.1, 0.15) is 37.8 Å². The zero-order chi connectivity index (χ0) is 22.1. The van der Waals surface area contributed by atoms with E-state index in [4.69, 9.17) is 0 Å². The number of aromatic nitrogens is 2. The lowest BCUT2D eigenvalue weighted by Crippen LogP contribution is -2.46. The number of hydrogen-bond donors (Lipinski definition) is 0. The summed E-state index contributed by atoms with van der Waals surface area (Å²) in [6.45, 7) is 8.03. The number of carbonyl (C=O) groups is 1. The van der Waals surface area contributed by atoms with Gasteiger partial charge in [-0.15, -0.1) is 16.2 Å². The molecule has 6 nitrogen and oxygen atoms in total. The lowest BCUT2D eigenvalue weighted by Gasteiger charge is -2.42. The molecule has 0 bridgehead atoms. The molecule has 162 valence electrons. The van der Waals surface area contributed by atoms with Gasteiger partial charge in [0.2, 0.25) is 0 Å². The highest BCUT2D eigenvalue weighted by molar-refractivity contribution is 7.15. The fourth-order valence-corrected chi connectivity index (χ4v) is 4.63. The number of carbonyl (C=O) groups excluding carboxylic acids is 1. The third kappa shape index (κ3) is 5.28. The number of hydrogen-bond acceptors (Lipinski definition) is 6. The Morgan fingerprint density at radius 1 is 1.23 bits per heavy atom. The minimum absolute atomic E-state index is 0.0329. The molecule has 3 heterocycles. The largest absolute Gasteiger partial charge is 0.433 e. The van der Waals surface area contributed by atoms with Crippen LogP contribution in [0.3, 0.4) is 0 Å². The van der Waals surface area contributed by atoms with Crippen molar-refractivity contribution in [2.45, 2.75) is 39.9 Å². The highest BCUT2D eigenvalue weighted by Gasteiger charge is 2.37. The molecule has 0 saturated carbocycles. The van der Waals surface area contributed by atoms with Crippen LogP contribution in [0.15, 0.2) is 29.6 Å². The van der Waals surface area contributed by atoms with Crippen LogP contribution in [0.5, 0.6) is 0 Å². The molecule has 30 heavy (non-hydrogen) atoms. The smallest absolute Gasteiger partial charge is 0.297 e. The standard InChI is InChI=1S/C20H23F3N4O2S/c1-19(2,3)13-8-12(18(28)26-29)9-27(10-13)11-14-4-5-15(30-14)17-24-7-6-16(25-17)20(21,22)23/h4-7,12-13H,8-11H2,1-3H3. The van der Waals surface area contributed by atoms with Gasteiger partial charge in [-0.1, -0.05) is 20.8 Å². The molecular formula is C20H23F3N4O2S. The van der Waals surface area contributed by atoms with Crippen molar-refractivity contribution in [2.75, 3.05) is 13.1 Å². The van der Waals surface area contributed by atoms with Gasteiger partial charge in [-0.3, -0.25) is 9.69 Å². The molecule has 0 radical (unpaired) electrons. The van der Waals surface area contributed by atoms with Gasteiger partial charge in [-0.25, -0.2) is 9.97 Å². The minimum atomic E-state index is -4.53. The maximum Gasteiger partial charge on any atom is 0.433 e. The van der Waals surface area contributed by atoms with Gasteiger partial charge in [0.1, 0.15) is 5.69 Å². The number of rotatable bonds is 4. The molecule has 0 aromatic carbocycles. The zero-order valence-corrected chi connectivity index (χ0v) is 17.8. The number of alkyl halides is 3. The van der Waals surface area contributed by atoms with E-state index in [0.29, 0.717) is 24.4 Å². The van der Waals surface area contributed by atoms with E-state index in [1.54, 1.807) is 6.07 Å². The van der Waals surface area contributed by atoms with Crippen LogP contribution in [0.4, 0.5) is 13.2 Å². The molecule has 1 saturated heterocycles. The first-order valence-electron chi connectivity index (χ1n) is 9.56. The Balaban J connectivity index is 1.77. The van der Waals surface area contributed by atoms with E-state index in [2.05, 4.69) is 40.8 Å². The first kappa shape index (κ1) is 22.5. The topological polar surface area (TPSA) is 75.5 Å². The maximum absolute atomic E-state index is 12.9. The zero-order valence-electron chi connectivity index (χ0n) is 16.9. The van der Waals surface area contributed by atoms with E-state index in [9.17, 15) is 22.9 Å². The van der Waals surface area contributed by atoms with Gasteiger partial charge < -0.3 is 0 Å². The van der Waals surface area contributed by atoms with E-state index in [-0.39, 0.29) is 17.2 Å². The monoisotopic (exact) mass is 440 g/mol. The summed E-state index contributed by atoms with van der Waals surface area (Å²) in [6, 6.07) is 4.38. The predicted molar refractivity (Wildman–Crippen MR) is 107 cm³/mol. The van der Waals surface area contributed by atoms with Gasteiger partial charge in [-0.05, 0) is 36.0 Å². The normalized spacial score (nSPS) is 20.9. The molecule has 1 amide bonds. The second-order valence-corrected chi connectivity index (χ2v) is 9.82. The summed E-state index contributed by atoms with van der Waals surface area (Å²) >= 11 is 1.32. The summed E-state index contributed by atoms with van der Waals surface area (Å²) in [5, 5.41) is 2.62. The molecule has 2 unspecified atom stereocenters. The maximum atomic E-state index is 12.9. The summed E-state index contributed by atoms with van der Waals surface area (Å²) in [6.07, 6.45) is -2.80. The van der Waals surface area contributed by atoms with Gasteiger partial charge in [0.15, 0.2) is 5.82 Å². The molecule has 1 aliphatic rings. The van der Waals surface area contributed by atoms with E-state index < -0.39 is 23.7 Å². The van der Waals surface area contributed by atoms with E-state index in [1.807, 2.05) is 6.07 Å². The van der Waals surface area contributed by atoms with Crippen LogP contribution >= 0.6 is 11.3 Å². The van der Waals surface area contributed by atoms with Crippen molar-refractivity contribution in [1.82, 2.24) is 14.9 Å². The van der Waals surface area contributed by atoms with Crippen LogP contribution < -0.4 is 0 Å². The summed E-state index contributed by atoms with van der Waals surface area (Å²) < 4.78 is 38.7. The van der Waals surface area contributed by atoms with Crippen molar-refractivity contribution in [3.8, 4) is 10.7 Å². The summed E-state index contributed by atoms with van der Waals surface area (Å²) in [7, 11) is 0. The minimum Gasteiger partial charge on any atom is -0.297 e. The van der Waals surface area contributed by atoms with Crippen molar-refractivity contribution in [3.63, 3.8) is 0 Å². The number of piperidine rings is 1. The fourth-order valence-electron chi connectivity index (χ4n) is 3.64. The molecule has 1 aliphatic heterocycles. The highest BCUT2D eigenvalue weighted by atomic mass is 32.1. The molecule has 0 aliphatic carbocycles. The van der Waals surface area contributed by atoms with Crippen molar-refractivity contribution >= 4 is 17.2 Å². The molecule has 0 spiro atoms.